The molecule has 6 aromatic rings. The Bertz CT molecular complexity index is 1710. The van der Waals surface area contributed by atoms with Crippen molar-refractivity contribution in [3.63, 3.8) is 0 Å². The standard InChI is InChI=1S/C42H40N2O2Si2/c1-3-22-42(44-46-48(39-29-16-7-17-30-39,40-31-18-8-19-32-40)41-33-20-9-21-34-41)35(2)43-45-47(36-23-10-4-11-24-36,37-25-12-5-13-26-37)38-27-14-6-15-28-38/h4-34,43-44H,2-3H2,1H3. The van der Waals surface area contributed by atoms with Gasteiger partial charge in [-0.3, -0.25) is 11.0 Å². The van der Waals surface area contributed by atoms with Crippen molar-refractivity contribution in [3.8, 4) is 0 Å². The Morgan fingerprint density at radius 2 is 0.708 bits per heavy atom. The topological polar surface area (TPSA) is 42.5 Å². The number of rotatable bonds is 14. The average Bonchev–Trinajstić information content (AvgIpc) is 3.17. The fraction of sp³-hybridized carbons (Fsp3) is 0.0476. The third-order valence-corrected chi connectivity index (χ3v) is 16.2. The highest BCUT2D eigenvalue weighted by Gasteiger charge is 2.45. The fourth-order valence-electron chi connectivity index (χ4n) is 6.15. The van der Waals surface area contributed by atoms with E-state index in [4.69, 9.17) is 9.05 Å². The molecule has 238 valence electrons. The van der Waals surface area contributed by atoms with Crippen LogP contribution in [0.4, 0.5) is 0 Å². The Balaban J connectivity index is 1.37. The molecule has 48 heavy (non-hydrogen) atoms. The summed E-state index contributed by atoms with van der Waals surface area (Å²) >= 11 is 0. The minimum atomic E-state index is -3.03. The summed E-state index contributed by atoms with van der Waals surface area (Å²) in [5.74, 6) is 0. The van der Waals surface area contributed by atoms with Crippen LogP contribution in [0.15, 0.2) is 206 Å². The number of allylic oxidation sites excluding steroid dienone is 1. The summed E-state index contributed by atoms with van der Waals surface area (Å²) in [4.78, 5) is 0. The molecule has 0 atom stereocenters. The Morgan fingerprint density at radius 1 is 0.458 bits per heavy atom. The van der Waals surface area contributed by atoms with E-state index in [9.17, 15) is 0 Å². The summed E-state index contributed by atoms with van der Waals surface area (Å²) in [6.07, 6.45) is 2.84. The lowest BCUT2D eigenvalue weighted by Gasteiger charge is -2.35. The van der Waals surface area contributed by atoms with E-state index >= 15 is 0 Å². The van der Waals surface area contributed by atoms with Gasteiger partial charge in [0.05, 0.1) is 11.4 Å². The first-order chi connectivity index (χ1) is 23.7. The van der Waals surface area contributed by atoms with Crippen LogP contribution in [0, 0.1) is 0 Å². The van der Waals surface area contributed by atoms with Gasteiger partial charge in [-0.25, -0.2) is 0 Å². The predicted octanol–water partition coefficient (Wildman–Crippen LogP) is 5.17. The molecule has 6 aromatic carbocycles. The molecule has 6 rings (SSSR count). The van der Waals surface area contributed by atoms with E-state index in [-0.39, 0.29) is 0 Å². The molecule has 0 saturated heterocycles. The van der Waals surface area contributed by atoms with Crippen molar-refractivity contribution in [3.05, 3.63) is 206 Å². The lowest BCUT2D eigenvalue weighted by atomic mass is 10.3. The van der Waals surface area contributed by atoms with Gasteiger partial charge < -0.3 is 9.05 Å². The molecule has 0 unspecified atom stereocenters. The molecule has 0 radical (unpaired) electrons. The summed E-state index contributed by atoms with van der Waals surface area (Å²) in [7, 11) is -6.06. The molecule has 4 nitrogen and oxygen atoms in total. The molecule has 0 saturated carbocycles. The highest BCUT2D eigenvalue weighted by Crippen LogP contribution is 2.14. The maximum absolute atomic E-state index is 7.09. The molecule has 0 aliphatic carbocycles. The molecule has 6 heteroatoms. The van der Waals surface area contributed by atoms with E-state index in [0.29, 0.717) is 11.4 Å². The Hall–Kier alpha value is -5.25. The molecular weight excluding hydrogens is 621 g/mol. The minimum absolute atomic E-state index is 0.577. The normalized spacial score (nSPS) is 11.9. The molecule has 0 aliphatic heterocycles. The molecule has 0 aliphatic rings. The summed E-state index contributed by atoms with van der Waals surface area (Å²) in [5, 5.41) is 6.75. The second kappa shape index (κ2) is 15.6. The van der Waals surface area contributed by atoms with Gasteiger partial charge in [0.1, 0.15) is 0 Å². The first-order valence-electron chi connectivity index (χ1n) is 16.3. The Kier molecular flexibility index (Phi) is 10.6. The van der Waals surface area contributed by atoms with Crippen molar-refractivity contribution in [1.82, 2.24) is 11.0 Å². The highest BCUT2D eigenvalue weighted by molar-refractivity contribution is 7.07. The van der Waals surface area contributed by atoms with Crippen molar-refractivity contribution in [1.29, 1.82) is 0 Å². The zero-order valence-electron chi connectivity index (χ0n) is 27.1. The summed E-state index contributed by atoms with van der Waals surface area (Å²) < 4.78 is 14.1. The zero-order valence-corrected chi connectivity index (χ0v) is 29.1. The number of benzene rings is 6. The maximum Gasteiger partial charge on any atom is 0.321 e. The first kappa shape index (κ1) is 32.7. The summed E-state index contributed by atoms with van der Waals surface area (Å²) in [6, 6.07) is 63.0. The molecule has 0 amide bonds. The SMILES string of the molecule is C=C(NO[Si](c1ccccc1)(c1ccccc1)c1ccccc1)C(=CCC)NO[Si](c1ccccc1)(c1ccccc1)c1ccccc1. The molecule has 0 aromatic heterocycles. The van der Waals surface area contributed by atoms with Gasteiger partial charge in [-0.1, -0.05) is 202 Å². The number of hydrogen-bond acceptors (Lipinski definition) is 4. The van der Waals surface area contributed by atoms with Crippen molar-refractivity contribution in [2.24, 2.45) is 0 Å². The minimum Gasteiger partial charge on any atom is -0.305 e. The molecule has 0 heterocycles. The van der Waals surface area contributed by atoms with Gasteiger partial charge in [-0.2, -0.15) is 0 Å². The lowest BCUT2D eigenvalue weighted by molar-refractivity contribution is 0.205. The van der Waals surface area contributed by atoms with E-state index < -0.39 is 16.6 Å². The van der Waals surface area contributed by atoms with Crippen LogP contribution in [0.25, 0.3) is 0 Å². The quantitative estimate of drug-likeness (QED) is 0.0733. The number of hydroxylamine groups is 2. The second-order valence-corrected chi connectivity index (χ2v) is 18.1. The predicted molar refractivity (Wildman–Crippen MR) is 204 cm³/mol. The van der Waals surface area contributed by atoms with Crippen molar-refractivity contribution < 1.29 is 9.05 Å². The van der Waals surface area contributed by atoms with Gasteiger partial charge in [0, 0.05) is 0 Å². The second-order valence-electron chi connectivity index (χ2n) is 11.5. The third kappa shape index (κ3) is 6.74. The van der Waals surface area contributed by atoms with Crippen LogP contribution in [0.5, 0.6) is 0 Å². The number of nitrogens with one attached hydrogen (secondary N) is 2. The van der Waals surface area contributed by atoms with Crippen molar-refractivity contribution in [2.45, 2.75) is 13.3 Å². The first-order valence-corrected chi connectivity index (χ1v) is 20.1. The molecule has 0 spiro atoms. The van der Waals surface area contributed by atoms with Gasteiger partial charge in [-0.15, -0.1) is 0 Å². The number of hydrogen-bond donors (Lipinski definition) is 2. The van der Waals surface area contributed by atoms with E-state index in [1.165, 1.54) is 0 Å². The molecule has 0 bridgehead atoms. The van der Waals surface area contributed by atoms with Crippen LogP contribution >= 0.6 is 0 Å². The van der Waals surface area contributed by atoms with Crippen LogP contribution < -0.4 is 42.1 Å². The molecular formula is C42H40N2O2Si2. The third-order valence-electron chi connectivity index (χ3n) is 8.46. The molecule has 2 N–H and O–H groups in total. The van der Waals surface area contributed by atoms with Gasteiger partial charge in [-0.05, 0) is 37.5 Å². The zero-order chi connectivity index (χ0) is 33.1. The van der Waals surface area contributed by atoms with Crippen LogP contribution in [-0.2, 0) is 9.05 Å². The summed E-state index contributed by atoms with van der Waals surface area (Å²) in [6.45, 7) is 6.57. The fourth-order valence-corrected chi connectivity index (χ4v) is 13.4. The monoisotopic (exact) mass is 660 g/mol. The van der Waals surface area contributed by atoms with Crippen molar-refractivity contribution in [2.75, 3.05) is 0 Å². The summed E-state index contributed by atoms with van der Waals surface area (Å²) in [5.41, 5.74) is 8.03. The maximum atomic E-state index is 7.09. The van der Waals surface area contributed by atoms with E-state index in [0.717, 1.165) is 37.5 Å². The van der Waals surface area contributed by atoms with Crippen LogP contribution in [0.1, 0.15) is 13.3 Å². The Labute approximate surface area is 286 Å². The van der Waals surface area contributed by atoms with Gasteiger partial charge in [0.2, 0.25) is 0 Å². The highest BCUT2D eigenvalue weighted by atomic mass is 28.4. The van der Waals surface area contributed by atoms with Gasteiger partial charge >= 0.3 is 16.6 Å². The lowest BCUT2D eigenvalue weighted by Crippen LogP contribution is -2.71. The Morgan fingerprint density at radius 3 is 0.958 bits per heavy atom. The van der Waals surface area contributed by atoms with E-state index in [1.54, 1.807) is 0 Å². The smallest absolute Gasteiger partial charge is 0.305 e. The van der Waals surface area contributed by atoms with Crippen LogP contribution in [0.3, 0.4) is 0 Å². The van der Waals surface area contributed by atoms with Gasteiger partial charge in [0.15, 0.2) is 0 Å². The average molecular weight is 661 g/mol. The van der Waals surface area contributed by atoms with Crippen LogP contribution in [-0.4, -0.2) is 16.6 Å². The van der Waals surface area contributed by atoms with E-state index in [2.05, 4.69) is 176 Å². The van der Waals surface area contributed by atoms with Crippen molar-refractivity contribution >= 4 is 47.8 Å². The largest absolute Gasteiger partial charge is 0.321 e. The van der Waals surface area contributed by atoms with Gasteiger partial charge in [0.25, 0.3) is 0 Å². The van der Waals surface area contributed by atoms with Crippen LogP contribution in [0.2, 0.25) is 0 Å². The van der Waals surface area contributed by atoms with E-state index in [1.807, 2.05) is 36.4 Å². The molecule has 0 fully saturated rings.